The Morgan fingerprint density at radius 1 is 1.10 bits per heavy atom. The van der Waals surface area contributed by atoms with E-state index in [9.17, 15) is 26.4 Å². The third-order valence-electron chi connectivity index (χ3n) is 6.68. The van der Waals surface area contributed by atoms with Crippen LogP contribution in [0.5, 0.6) is 0 Å². The zero-order valence-corrected chi connectivity index (χ0v) is 25.2. The quantitative estimate of drug-likeness (QED) is 0.154. The van der Waals surface area contributed by atoms with Gasteiger partial charge in [-0.1, -0.05) is 49.1 Å². The van der Waals surface area contributed by atoms with Crippen molar-refractivity contribution in [1.82, 2.24) is 5.16 Å². The van der Waals surface area contributed by atoms with E-state index in [0.717, 1.165) is 17.5 Å². The average molecular weight is 599 g/mol. The number of rotatable bonds is 10. The van der Waals surface area contributed by atoms with Crippen molar-refractivity contribution in [2.75, 3.05) is 18.1 Å². The highest BCUT2D eigenvalue weighted by atomic mass is 32.2. The number of hydrogen-bond donors (Lipinski definition) is 0. The molecule has 0 aliphatic carbocycles. The number of nitrogens with zero attached hydrogens (tertiary/aromatic N) is 2. The molecule has 0 aliphatic rings. The van der Waals surface area contributed by atoms with Crippen molar-refractivity contribution < 1.29 is 40.4 Å². The highest BCUT2D eigenvalue weighted by Gasteiger charge is 2.35. The Morgan fingerprint density at radius 2 is 1.75 bits per heavy atom. The summed E-state index contributed by atoms with van der Waals surface area (Å²) in [5, 5.41) is 3.89. The van der Waals surface area contributed by atoms with Crippen LogP contribution in [0.2, 0.25) is 19.6 Å². The van der Waals surface area contributed by atoms with Crippen molar-refractivity contribution in [3.05, 3.63) is 64.8 Å². The minimum atomic E-state index is -4.63. The first-order chi connectivity index (χ1) is 18.5. The Balaban J connectivity index is 2.21. The third-order valence-corrected chi connectivity index (χ3v) is 11.1. The largest absolute Gasteiger partial charge is 0.465 e. The standard InChI is InChI=1S/C27H33F3N2O6SSi/c1-17-18(2)31-38-25(17)32(16-37-19(3)40(5,6)7)39(34,35)24-11-9-8-10-23(24)22-13-12-20(26(33)36-4)14-21(22)15-27(28,29)30/h8-14,19H,15-16H2,1-7H3. The first-order valence-electron chi connectivity index (χ1n) is 12.4. The molecule has 0 N–H and O–H groups in total. The molecule has 0 aliphatic heterocycles. The average Bonchev–Trinajstić information content (AvgIpc) is 3.19. The fourth-order valence-corrected chi connectivity index (χ4v) is 5.91. The summed E-state index contributed by atoms with van der Waals surface area (Å²) < 4.78 is 86.2. The Kier molecular flexibility index (Phi) is 9.21. The zero-order valence-electron chi connectivity index (χ0n) is 23.4. The number of alkyl halides is 3. The van der Waals surface area contributed by atoms with Crippen LogP contribution in [0.4, 0.5) is 19.1 Å². The summed E-state index contributed by atoms with van der Waals surface area (Å²) in [7, 11) is -5.16. The first-order valence-corrected chi connectivity index (χ1v) is 17.4. The number of anilines is 1. The van der Waals surface area contributed by atoms with Crippen molar-refractivity contribution in [1.29, 1.82) is 0 Å². The van der Waals surface area contributed by atoms with Gasteiger partial charge >= 0.3 is 12.1 Å². The lowest BCUT2D eigenvalue weighted by atomic mass is 9.95. The van der Waals surface area contributed by atoms with E-state index in [2.05, 4.69) is 29.5 Å². The van der Waals surface area contributed by atoms with Gasteiger partial charge in [-0.2, -0.15) is 13.2 Å². The molecule has 1 atom stereocenters. The molecule has 0 bridgehead atoms. The van der Waals surface area contributed by atoms with E-state index in [0.29, 0.717) is 11.3 Å². The number of sulfonamides is 1. The first kappa shape index (κ1) is 31.4. The lowest BCUT2D eigenvalue weighted by molar-refractivity contribution is -0.127. The van der Waals surface area contributed by atoms with Crippen LogP contribution in [0.15, 0.2) is 51.9 Å². The van der Waals surface area contributed by atoms with E-state index in [1.54, 1.807) is 13.8 Å². The molecule has 1 aromatic heterocycles. The molecule has 0 saturated heterocycles. The SMILES string of the molecule is COC(=O)c1ccc(-c2ccccc2S(=O)(=O)N(COC(C)[Si](C)(C)C)c2onc(C)c2C)c(CC(F)(F)F)c1. The highest BCUT2D eigenvalue weighted by Crippen LogP contribution is 2.37. The van der Waals surface area contributed by atoms with E-state index in [1.807, 2.05) is 6.92 Å². The van der Waals surface area contributed by atoms with Gasteiger partial charge in [0.2, 0.25) is 5.88 Å². The predicted molar refractivity (Wildman–Crippen MR) is 147 cm³/mol. The number of hydrogen-bond acceptors (Lipinski definition) is 7. The van der Waals surface area contributed by atoms with E-state index < -0.39 is 43.4 Å². The molecular weight excluding hydrogens is 565 g/mol. The summed E-state index contributed by atoms with van der Waals surface area (Å²) in [6.07, 6.45) is -6.01. The Labute approximate surface area is 233 Å². The Morgan fingerprint density at radius 3 is 2.30 bits per heavy atom. The fourth-order valence-electron chi connectivity index (χ4n) is 3.80. The molecule has 1 heterocycles. The lowest BCUT2D eigenvalue weighted by Gasteiger charge is -2.29. The maximum Gasteiger partial charge on any atom is 0.393 e. The smallest absolute Gasteiger partial charge is 0.393 e. The second-order valence-electron chi connectivity index (χ2n) is 10.5. The van der Waals surface area contributed by atoms with Crippen LogP contribution in [-0.4, -0.2) is 53.4 Å². The summed E-state index contributed by atoms with van der Waals surface area (Å²) in [5.41, 5.74) is 0.391. The molecule has 8 nitrogen and oxygen atoms in total. The number of benzene rings is 2. The number of aromatic nitrogens is 1. The van der Waals surface area contributed by atoms with Gasteiger partial charge in [0.25, 0.3) is 10.0 Å². The molecule has 0 saturated carbocycles. The van der Waals surface area contributed by atoms with Gasteiger partial charge in [0.15, 0.2) is 0 Å². The van der Waals surface area contributed by atoms with Crippen LogP contribution in [0.25, 0.3) is 11.1 Å². The van der Waals surface area contributed by atoms with Gasteiger partial charge < -0.3 is 14.0 Å². The monoisotopic (exact) mass is 598 g/mol. The summed E-state index contributed by atoms with van der Waals surface area (Å²) in [6.45, 7) is 11.0. The topological polar surface area (TPSA) is 98.9 Å². The summed E-state index contributed by atoms with van der Waals surface area (Å²) in [6, 6.07) is 9.39. The number of carbonyl (C=O) groups is 1. The van der Waals surface area contributed by atoms with Crippen LogP contribution in [0.3, 0.4) is 0 Å². The summed E-state index contributed by atoms with van der Waals surface area (Å²) in [4.78, 5) is 11.8. The van der Waals surface area contributed by atoms with Crippen LogP contribution in [0, 0.1) is 13.8 Å². The molecule has 0 spiro atoms. The van der Waals surface area contributed by atoms with Gasteiger partial charge in [0.1, 0.15) is 6.73 Å². The number of esters is 1. The number of ether oxygens (including phenoxy) is 2. The Hall–Kier alpha value is -3.16. The minimum absolute atomic E-state index is 0.00552. The van der Waals surface area contributed by atoms with Crippen LogP contribution in [0.1, 0.15) is 34.1 Å². The van der Waals surface area contributed by atoms with Gasteiger partial charge in [0.05, 0.1) is 37.8 Å². The zero-order chi connectivity index (χ0) is 30.0. The van der Waals surface area contributed by atoms with Crippen LogP contribution in [-0.2, 0) is 25.9 Å². The van der Waals surface area contributed by atoms with E-state index in [4.69, 9.17) is 9.26 Å². The molecule has 3 rings (SSSR count). The van der Waals surface area contributed by atoms with E-state index in [1.165, 1.54) is 36.4 Å². The van der Waals surface area contributed by atoms with Crippen LogP contribution >= 0.6 is 0 Å². The molecule has 13 heteroatoms. The van der Waals surface area contributed by atoms with E-state index >= 15 is 0 Å². The molecular formula is C27H33F3N2O6SSi. The van der Waals surface area contributed by atoms with Gasteiger partial charge in [-0.25, -0.2) is 17.5 Å². The van der Waals surface area contributed by atoms with Crippen molar-refractivity contribution >= 4 is 30.0 Å². The number of aryl methyl sites for hydroxylation is 1. The highest BCUT2D eigenvalue weighted by molar-refractivity contribution is 7.93. The maximum atomic E-state index is 14.2. The second kappa shape index (κ2) is 11.8. The third kappa shape index (κ3) is 6.94. The molecule has 0 radical (unpaired) electrons. The Bertz CT molecular complexity index is 1480. The molecule has 3 aromatic rings. The van der Waals surface area contributed by atoms with Crippen LogP contribution < -0.4 is 4.31 Å². The second-order valence-corrected chi connectivity index (χ2v) is 17.9. The number of carbonyl (C=O) groups excluding carboxylic acids is 1. The van der Waals surface area contributed by atoms with Crippen molar-refractivity contribution in [2.45, 2.75) is 63.6 Å². The van der Waals surface area contributed by atoms with Crippen molar-refractivity contribution in [3.8, 4) is 11.1 Å². The van der Waals surface area contributed by atoms with E-state index in [-0.39, 0.29) is 38.8 Å². The van der Waals surface area contributed by atoms with Crippen molar-refractivity contribution in [3.63, 3.8) is 0 Å². The van der Waals surface area contributed by atoms with Gasteiger partial charge in [-0.05, 0) is 50.1 Å². The van der Waals surface area contributed by atoms with Gasteiger partial charge in [-0.15, -0.1) is 0 Å². The molecule has 0 amide bonds. The number of halogens is 3. The number of methoxy groups -OCH3 is 1. The normalized spacial score (nSPS) is 13.2. The molecule has 1 unspecified atom stereocenters. The summed E-state index contributed by atoms with van der Waals surface area (Å²) >= 11 is 0. The molecule has 40 heavy (non-hydrogen) atoms. The van der Waals surface area contributed by atoms with Crippen molar-refractivity contribution in [2.24, 2.45) is 0 Å². The maximum absolute atomic E-state index is 14.2. The predicted octanol–water partition coefficient (Wildman–Crippen LogP) is 6.29. The van der Waals surface area contributed by atoms with Gasteiger partial charge in [0, 0.05) is 16.9 Å². The molecule has 0 fully saturated rings. The summed E-state index contributed by atoms with van der Waals surface area (Å²) in [5.74, 6) is -0.862. The fraction of sp³-hybridized carbons (Fsp3) is 0.407. The van der Waals surface area contributed by atoms with Gasteiger partial charge in [-0.3, -0.25) is 0 Å². The lowest BCUT2D eigenvalue weighted by Crippen LogP contribution is -2.42. The molecule has 2 aromatic carbocycles. The molecule has 218 valence electrons. The minimum Gasteiger partial charge on any atom is -0.465 e.